The van der Waals surface area contributed by atoms with Crippen LogP contribution in [0.1, 0.15) is 5.56 Å². The molecule has 4 fully saturated rings. The molecule has 2 bridgehead atoms. The number of ether oxygens (including phenoxy) is 1. The van der Waals surface area contributed by atoms with E-state index in [9.17, 15) is 4.57 Å². The first-order valence-corrected chi connectivity index (χ1v) is 7.27. The molecule has 1 N–H and O–H groups in total. The Bertz CT molecular complexity index is 525. The number of morpholine rings is 1. The van der Waals surface area contributed by atoms with E-state index in [1.165, 1.54) is 0 Å². The summed E-state index contributed by atoms with van der Waals surface area (Å²) in [5, 5.41) is 3.04. The molecule has 0 amide bonds. The summed E-state index contributed by atoms with van der Waals surface area (Å²) in [6.45, 7) is 1.03. The molecule has 4 heterocycles. The van der Waals surface area contributed by atoms with Crippen molar-refractivity contribution in [3.05, 3.63) is 35.9 Å². The molecular weight excluding hydrogens is 257 g/mol. The van der Waals surface area contributed by atoms with Crippen molar-refractivity contribution in [2.24, 2.45) is 0 Å². The van der Waals surface area contributed by atoms with Gasteiger partial charge in [-0.3, -0.25) is 5.32 Å². The summed E-state index contributed by atoms with van der Waals surface area (Å²) in [4.78, 5) is 0. The van der Waals surface area contributed by atoms with Gasteiger partial charge in [-0.15, -0.1) is 0 Å². The number of nitrogens with one attached hydrogen (secondary N) is 1. The second kappa shape index (κ2) is 3.42. The molecule has 1 aromatic rings. The molecule has 6 nitrogen and oxygen atoms in total. The fraction of sp³-hybridized carbons (Fsp3) is 0.455. The van der Waals surface area contributed by atoms with Gasteiger partial charge >= 0.3 is 13.7 Å². The van der Waals surface area contributed by atoms with Crippen LogP contribution in [0.3, 0.4) is 0 Å². The van der Waals surface area contributed by atoms with Gasteiger partial charge in [0.2, 0.25) is 0 Å². The van der Waals surface area contributed by atoms with Crippen LogP contribution in [-0.2, 0) is 29.3 Å². The Balaban J connectivity index is 1.71. The molecule has 4 aliphatic rings. The smallest absolute Gasteiger partial charge is 0.342 e. The third-order valence-electron chi connectivity index (χ3n) is 3.32. The van der Waals surface area contributed by atoms with Crippen LogP contribution in [0, 0.1) is 0 Å². The van der Waals surface area contributed by atoms with E-state index in [1.54, 1.807) is 0 Å². The Labute approximate surface area is 104 Å². The number of benzene rings is 1. The van der Waals surface area contributed by atoms with E-state index in [0.717, 1.165) is 5.56 Å². The molecule has 0 aromatic heterocycles. The zero-order valence-electron chi connectivity index (χ0n) is 9.50. The van der Waals surface area contributed by atoms with Gasteiger partial charge in [0, 0.05) is 13.0 Å². The van der Waals surface area contributed by atoms with Crippen molar-refractivity contribution < 1.29 is 22.9 Å². The molecule has 96 valence electrons. The summed E-state index contributed by atoms with van der Waals surface area (Å²) < 4.78 is 33.5. The van der Waals surface area contributed by atoms with Gasteiger partial charge in [-0.05, 0) is 5.56 Å². The van der Waals surface area contributed by atoms with E-state index in [-0.39, 0.29) is 0 Å². The van der Waals surface area contributed by atoms with E-state index in [4.69, 9.17) is 18.3 Å². The van der Waals surface area contributed by atoms with Crippen molar-refractivity contribution >= 4 is 7.82 Å². The van der Waals surface area contributed by atoms with Crippen molar-refractivity contribution in [2.75, 3.05) is 13.2 Å². The molecule has 4 saturated heterocycles. The van der Waals surface area contributed by atoms with Crippen LogP contribution in [0.5, 0.6) is 0 Å². The van der Waals surface area contributed by atoms with Crippen molar-refractivity contribution in [3.63, 3.8) is 0 Å². The molecule has 0 saturated carbocycles. The quantitative estimate of drug-likeness (QED) is 0.818. The number of hydrogen-bond acceptors (Lipinski definition) is 6. The number of phosphoric ester groups is 1. The molecular formula is C11H12NO5P. The highest BCUT2D eigenvalue weighted by Crippen LogP contribution is 2.77. The lowest BCUT2D eigenvalue weighted by Crippen LogP contribution is -2.69. The van der Waals surface area contributed by atoms with Crippen LogP contribution in [0.15, 0.2) is 30.3 Å². The average molecular weight is 269 g/mol. The van der Waals surface area contributed by atoms with Crippen LogP contribution in [0.25, 0.3) is 0 Å². The van der Waals surface area contributed by atoms with Gasteiger partial charge in [0.15, 0.2) is 0 Å². The van der Waals surface area contributed by atoms with E-state index < -0.39 is 19.5 Å². The fourth-order valence-electron chi connectivity index (χ4n) is 2.56. The topological polar surface area (TPSA) is 66.0 Å². The predicted octanol–water partition coefficient (Wildman–Crippen LogP) is 1.38. The normalized spacial score (nSPS) is 45.3. The SMILES string of the molecule is O=P12OC3(Cc4ccccc4)OCCNC3(O1)O2. The number of phosphoric acid groups is 1. The van der Waals surface area contributed by atoms with E-state index in [1.807, 2.05) is 30.3 Å². The number of hydrogen-bond donors (Lipinski definition) is 1. The van der Waals surface area contributed by atoms with Gasteiger partial charge < -0.3 is 4.74 Å². The Kier molecular flexibility index (Phi) is 2.11. The molecule has 0 radical (unpaired) electrons. The Morgan fingerprint density at radius 3 is 2.78 bits per heavy atom. The first-order chi connectivity index (χ1) is 8.66. The van der Waals surface area contributed by atoms with Crippen molar-refractivity contribution in [3.8, 4) is 0 Å². The Morgan fingerprint density at radius 2 is 2.00 bits per heavy atom. The van der Waals surface area contributed by atoms with E-state index in [2.05, 4.69) is 5.32 Å². The number of rotatable bonds is 2. The summed E-state index contributed by atoms with van der Waals surface area (Å²) in [6.07, 6.45) is 0.421. The summed E-state index contributed by atoms with van der Waals surface area (Å²) in [6, 6.07) is 9.70. The van der Waals surface area contributed by atoms with Crippen molar-refractivity contribution in [1.29, 1.82) is 0 Å². The second-order valence-corrected chi connectivity index (χ2v) is 5.97. The van der Waals surface area contributed by atoms with Gasteiger partial charge in [0.05, 0.1) is 6.61 Å². The predicted molar refractivity (Wildman–Crippen MR) is 60.4 cm³/mol. The first kappa shape index (κ1) is 11.1. The minimum atomic E-state index is -3.40. The summed E-state index contributed by atoms with van der Waals surface area (Å²) >= 11 is 0. The molecule has 7 heteroatoms. The highest BCUT2D eigenvalue weighted by molar-refractivity contribution is 7.50. The average Bonchev–Trinajstić information content (AvgIpc) is 2.72. The van der Waals surface area contributed by atoms with Gasteiger partial charge in [-0.1, -0.05) is 30.3 Å². The molecule has 0 aliphatic carbocycles. The minimum absolute atomic E-state index is 0.421. The molecule has 1 spiro atoms. The maximum atomic E-state index is 11.8. The second-order valence-electron chi connectivity index (χ2n) is 4.53. The first-order valence-electron chi connectivity index (χ1n) is 5.81. The third kappa shape index (κ3) is 1.33. The van der Waals surface area contributed by atoms with E-state index in [0.29, 0.717) is 19.6 Å². The Morgan fingerprint density at radius 1 is 1.22 bits per heavy atom. The lowest BCUT2D eigenvalue weighted by molar-refractivity contribution is -0.336. The summed E-state index contributed by atoms with van der Waals surface area (Å²) in [5.74, 6) is -2.36. The van der Waals surface area contributed by atoms with Crippen LogP contribution >= 0.6 is 7.82 Å². The monoisotopic (exact) mass is 269 g/mol. The van der Waals surface area contributed by atoms with Gasteiger partial charge in [-0.2, -0.15) is 0 Å². The van der Waals surface area contributed by atoms with Crippen LogP contribution in [-0.4, -0.2) is 24.8 Å². The van der Waals surface area contributed by atoms with E-state index >= 15 is 0 Å². The highest BCUT2D eigenvalue weighted by Gasteiger charge is 2.81. The minimum Gasteiger partial charge on any atom is -0.342 e. The summed E-state index contributed by atoms with van der Waals surface area (Å²) in [7, 11) is -3.40. The molecule has 4 aliphatic heterocycles. The maximum Gasteiger partial charge on any atom is 0.485 e. The largest absolute Gasteiger partial charge is 0.485 e. The lowest BCUT2D eigenvalue weighted by atomic mass is 10.0. The zero-order valence-corrected chi connectivity index (χ0v) is 10.4. The third-order valence-corrected chi connectivity index (χ3v) is 4.80. The van der Waals surface area contributed by atoms with Gasteiger partial charge in [-0.25, -0.2) is 18.1 Å². The molecule has 1 aromatic carbocycles. The molecule has 1 unspecified atom stereocenters. The van der Waals surface area contributed by atoms with Crippen molar-refractivity contribution in [2.45, 2.75) is 18.1 Å². The Hall–Kier alpha value is -0.750. The van der Waals surface area contributed by atoms with Gasteiger partial charge in [0.25, 0.3) is 5.79 Å². The molecule has 18 heavy (non-hydrogen) atoms. The van der Waals surface area contributed by atoms with Gasteiger partial charge in [0.1, 0.15) is 0 Å². The zero-order chi connectivity index (χ0) is 12.3. The van der Waals surface area contributed by atoms with Crippen LogP contribution < -0.4 is 5.32 Å². The standard InChI is InChI=1S/C11H12NO5P/c13-18-15-10(8-9-4-2-1-3-5-9)11(16-18,17-18)12-6-7-14-10/h1-5,12H,6-8H2. The van der Waals surface area contributed by atoms with Crippen molar-refractivity contribution in [1.82, 2.24) is 5.32 Å². The lowest BCUT2D eigenvalue weighted by Gasteiger charge is -2.44. The van der Waals surface area contributed by atoms with Crippen LogP contribution in [0.2, 0.25) is 0 Å². The molecule has 5 rings (SSSR count). The summed E-state index contributed by atoms with van der Waals surface area (Å²) in [5.41, 5.74) is 1.01. The van der Waals surface area contributed by atoms with Crippen LogP contribution in [0.4, 0.5) is 0 Å². The fourth-order valence-corrected chi connectivity index (χ4v) is 4.28. The maximum absolute atomic E-state index is 11.8. The highest BCUT2D eigenvalue weighted by atomic mass is 31.2. The molecule has 1 atom stereocenters.